The van der Waals surface area contributed by atoms with Crippen LogP contribution in [0.5, 0.6) is 0 Å². The molecule has 0 fully saturated rings. The molecule has 1 aromatic carbocycles. The monoisotopic (exact) mass is 329 g/mol. The first-order valence-corrected chi connectivity index (χ1v) is 7.28. The summed E-state index contributed by atoms with van der Waals surface area (Å²) in [5.41, 5.74) is 12.5. The summed E-state index contributed by atoms with van der Waals surface area (Å²) in [6, 6.07) is 10.4. The highest BCUT2D eigenvalue weighted by Crippen LogP contribution is 2.33. The van der Waals surface area contributed by atoms with E-state index in [2.05, 4.69) is 60.1 Å². The Labute approximate surface area is 126 Å². The first-order chi connectivity index (χ1) is 9.47. The maximum atomic E-state index is 6.31. The number of benzene rings is 1. The van der Waals surface area contributed by atoms with E-state index in [1.54, 1.807) is 0 Å². The van der Waals surface area contributed by atoms with Gasteiger partial charge in [-0.15, -0.1) is 0 Å². The third-order valence-corrected chi connectivity index (χ3v) is 4.12. The fourth-order valence-electron chi connectivity index (χ4n) is 2.57. The summed E-state index contributed by atoms with van der Waals surface area (Å²) < 4.78 is 3.01. The van der Waals surface area contributed by atoms with E-state index in [1.165, 1.54) is 11.1 Å². The van der Waals surface area contributed by atoms with Gasteiger partial charge in [-0.25, -0.2) is 4.98 Å². The van der Waals surface area contributed by atoms with Crippen molar-refractivity contribution >= 4 is 27.4 Å². The molecule has 0 radical (unpaired) electrons. The Bertz CT molecular complexity index is 818. The van der Waals surface area contributed by atoms with Crippen LogP contribution < -0.4 is 5.73 Å². The number of rotatable bonds is 1. The molecule has 2 aromatic heterocycles. The minimum absolute atomic E-state index is 0.682. The van der Waals surface area contributed by atoms with E-state index in [-0.39, 0.29) is 0 Å². The number of fused-ring (bicyclic) bond motifs is 1. The number of nitrogen functional groups attached to an aromatic ring is 1. The van der Waals surface area contributed by atoms with Crippen molar-refractivity contribution in [2.24, 2.45) is 0 Å². The van der Waals surface area contributed by atoms with Crippen LogP contribution in [0.1, 0.15) is 16.8 Å². The SMILES string of the molecule is Cc1ccc(-c2nc3cc(C)cc(C)n3c2N)c(Br)c1. The van der Waals surface area contributed by atoms with Gasteiger partial charge in [-0.3, -0.25) is 4.40 Å². The fourth-order valence-corrected chi connectivity index (χ4v) is 3.25. The Morgan fingerprint density at radius 2 is 1.80 bits per heavy atom. The maximum Gasteiger partial charge on any atom is 0.139 e. The summed E-state index contributed by atoms with van der Waals surface area (Å²) in [4.78, 5) is 4.70. The molecule has 3 aromatic rings. The lowest BCUT2D eigenvalue weighted by Crippen LogP contribution is -1.98. The van der Waals surface area contributed by atoms with Crippen LogP contribution in [0.2, 0.25) is 0 Å². The predicted molar refractivity (Wildman–Crippen MR) is 87.0 cm³/mol. The van der Waals surface area contributed by atoms with Crippen LogP contribution in [0.3, 0.4) is 0 Å². The van der Waals surface area contributed by atoms with E-state index >= 15 is 0 Å². The van der Waals surface area contributed by atoms with Gasteiger partial charge in [0.25, 0.3) is 0 Å². The first kappa shape index (κ1) is 13.2. The summed E-state index contributed by atoms with van der Waals surface area (Å²) >= 11 is 3.60. The highest BCUT2D eigenvalue weighted by atomic mass is 79.9. The standard InChI is InChI=1S/C16H16BrN3/c1-9-4-5-12(13(17)7-9)15-16(18)20-11(3)6-10(2)8-14(20)19-15/h4-8H,18H2,1-3H3. The van der Waals surface area contributed by atoms with Gasteiger partial charge in [0.2, 0.25) is 0 Å². The van der Waals surface area contributed by atoms with Crippen molar-refractivity contribution in [1.82, 2.24) is 9.38 Å². The van der Waals surface area contributed by atoms with E-state index in [1.807, 2.05) is 11.3 Å². The zero-order chi connectivity index (χ0) is 14.4. The molecular weight excluding hydrogens is 314 g/mol. The van der Waals surface area contributed by atoms with Gasteiger partial charge < -0.3 is 5.73 Å². The zero-order valence-electron chi connectivity index (χ0n) is 11.7. The molecule has 0 aliphatic heterocycles. The Kier molecular flexibility index (Phi) is 3.05. The van der Waals surface area contributed by atoms with Crippen LogP contribution in [0.4, 0.5) is 5.82 Å². The van der Waals surface area contributed by atoms with Gasteiger partial charge in [0, 0.05) is 15.7 Å². The molecular formula is C16H16BrN3. The highest BCUT2D eigenvalue weighted by molar-refractivity contribution is 9.10. The van der Waals surface area contributed by atoms with Crippen LogP contribution in [-0.2, 0) is 0 Å². The van der Waals surface area contributed by atoms with E-state index in [4.69, 9.17) is 10.7 Å². The van der Waals surface area contributed by atoms with Crippen molar-refractivity contribution in [2.45, 2.75) is 20.8 Å². The number of hydrogen-bond acceptors (Lipinski definition) is 2. The number of nitrogens with zero attached hydrogens (tertiary/aromatic N) is 2. The normalized spacial score (nSPS) is 11.2. The van der Waals surface area contributed by atoms with Gasteiger partial charge >= 0.3 is 0 Å². The largest absolute Gasteiger partial charge is 0.383 e. The van der Waals surface area contributed by atoms with Gasteiger partial charge in [0.15, 0.2) is 0 Å². The topological polar surface area (TPSA) is 43.3 Å². The molecule has 0 atom stereocenters. The molecule has 0 unspecified atom stereocenters. The van der Waals surface area contributed by atoms with Crippen molar-refractivity contribution < 1.29 is 0 Å². The van der Waals surface area contributed by atoms with Crippen molar-refractivity contribution in [3.63, 3.8) is 0 Å². The Morgan fingerprint density at radius 3 is 2.50 bits per heavy atom. The number of aromatic nitrogens is 2. The van der Waals surface area contributed by atoms with Gasteiger partial charge in [-0.05, 0) is 50.1 Å². The third-order valence-electron chi connectivity index (χ3n) is 3.46. The summed E-state index contributed by atoms with van der Waals surface area (Å²) in [7, 11) is 0. The lowest BCUT2D eigenvalue weighted by molar-refractivity contribution is 1.09. The molecule has 0 aliphatic carbocycles. The number of halogens is 1. The molecule has 20 heavy (non-hydrogen) atoms. The van der Waals surface area contributed by atoms with Crippen molar-refractivity contribution in [1.29, 1.82) is 0 Å². The highest BCUT2D eigenvalue weighted by Gasteiger charge is 2.15. The summed E-state index contributed by atoms with van der Waals surface area (Å²) in [6.45, 7) is 6.18. The van der Waals surface area contributed by atoms with E-state index in [9.17, 15) is 0 Å². The summed E-state index contributed by atoms with van der Waals surface area (Å²) in [5, 5.41) is 0. The number of aryl methyl sites for hydroxylation is 3. The smallest absolute Gasteiger partial charge is 0.139 e. The second kappa shape index (κ2) is 4.63. The predicted octanol–water partition coefficient (Wildman–Crippen LogP) is 4.27. The quantitative estimate of drug-likeness (QED) is 0.724. The number of hydrogen-bond donors (Lipinski definition) is 1. The van der Waals surface area contributed by atoms with Crippen LogP contribution >= 0.6 is 15.9 Å². The van der Waals surface area contributed by atoms with Crippen LogP contribution in [0.25, 0.3) is 16.9 Å². The number of imidazole rings is 1. The van der Waals surface area contributed by atoms with Crippen molar-refractivity contribution in [3.05, 3.63) is 51.6 Å². The molecule has 2 N–H and O–H groups in total. The molecule has 102 valence electrons. The number of pyridine rings is 1. The first-order valence-electron chi connectivity index (χ1n) is 6.49. The molecule has 0 amide bonds. The average Bonchev–Trinajstić information content (AvgIpc) is 2.66. The molecule has 3 nitrogen and oxygen atoms in total. The van der Waals surface area contributed by atoms with Gasteiger partial charge in [0.05, 0.1) is 0 Å². The molecule has 4 heteroatoms. The van der Waals surface area contributed by atoms with Crippen LogP contribution in [0.15, 0.2) is 34.8 Å². The Balaban J connectivity index is 2.32. The number of nitrogens with two attached hydrogens (primary N) is 1. The van der Waals surface area contributed by atoms with Crippen molar-refractivity contribution in [3.8, 4) is 11.3 Å². The molecule has 0 spiro atoms. The molecule has 0 saturated heterocycles. The van der Waals surface area contributed by atoms with E-state index in [0.29, 0.717) is 5.82 Å². The van der Waals surface area contributed by atoms with Gasteiger partial charge in [-0.1, -0.05) is 28.1 Å². The second-order valence-corrected chi connectivity index (χ2v) is 6.05. The summed E-state index contributed by atoms with van der Waals surface area (Å²) in [5.74, 6) is 0.682. The average molecular weight is 330 g/mol. The van der Waals surface area contributed by atoms with E-state index in [0.717, 1.165) is 27.1 Å². The molecule has 3 rings (SSSR count). The van der Waals surface area contributed by atoms with Crippen molar-refractivity contribution in [2.75, 3.05) is 5.73 Å². The summed E-state index contributed by atoms with van der Waals surface area (Å²) in [6.07, 6.45) is 0. The second-order valence-electron chi connectivity index (χ2n) is 5.20. The lowest BCUT2D eigenvalue weighted by atomic mass is 10.1. The third kappa shape index (κ3) is 2.00. The molecule has 0 bridgehead atoms. The minimum atomic E-state index is 0.682. The van der Waals surface area contributed by atoms with Crippen LogP contribution in [0, 0.1) is 20.8 Å². The zero-order valence-corrected chi connectivity index (χ0v) is 13.3. The molecule has 0 saturated carbocycles. The number of anilines is 1. The minimum Gasteiger partial charge on any atom is -0.383 e. The van der Waals surface area contributed by atoms with Gasteiger partial charge in [0.1, 0.15) is 17.2 Å². The van der Waals surface area contributed by atoms with Crippen LogP contribution in [-0.4, -0.2) is 9.38 Å². The fraction of sp³-hybridized carbons (Fsp3) is 0.188. The Morgan fingerprint density at radius 1 is 1.05 bits per heavy atom. The van der Waals surface area contributed by atoms with E-state index < -0.39 is 0 Å². The van der Waals surface area contributed by atoms with Gasteiger partial charge in [-0.2, -0.15) is 0 Å². The molecule has 0 aliphatic rings. The molecule has 2 heterocycles. The maximum absolute atomic E-state index is 6.31. The lowest BCUT2D eigenvalue weighted by Gasteiger charge is -2.05. The Hall–Kier alpha value is -1.81.